The maximum absolute atomic E-state index is 12.3. The molecule has 4 atom stereocenters. The molecule has 0 aliphatic rings. The van der Waals surface area contributed by atoms with E-state index in [0.29, 0.717) is 0 Å². The van der Waals surface area contributed by atoms with E-state index < -0.39 is 54.5 Å². The Hall–Kier alpha value is -1.85. The predicted octanol–water partition coefficient (Wildman–Crippen LogP) is -2.16. The topological polar surface area (TPSA) is 171 Å². The number of carboxylic acid groups (broad SMARTS) is 1. The number of hydrogen-bond donors (Lipinski definition) is 7. The number of carboxylic acids is 1. The molecule has 0 saturated heterocycles. The van der Waals surface area contributed by atoms with Crippen molar-refractivity contribution in [3.63, 3.8) is 0 Å². The molecule has 0 bridgehead atoms. The van der Waals surface area contributed by atoms with Gasteiger partial charge in [0.05, 0.1) is 12.6 Å². The molecule has 0 fully saturated rings. The summed E-state index contributed by atoms with van der Waals surface area (Å²) < 4.78 is 0. The van der Waals surface area contributed by atoms with E-state index in [1.54, 1.807) is 0 Å². The summed E-state index contributed by atoms with van der Waals surface area (Å²) in [6, 6.07) is -4.40. The minimum absolute atomic E-state index is 0.0107. The first kappa shape index (κ1) is 24.1. The lowest BCUT2D eigenvalue weighted by molar-refractivity contribution is -0.141. The van der Waals surface area contributed by atoms with Crippen LogP contribution in [-0.4, -0.2) is 70.4 Å². The maximum atomic E-state index is 12.3. The Morgan fingerprint density at radius 2 is 1.38 bits per heavy atom. The first-order chi connectivity index (χ1) is 12.0. The van der Waals surface area contributed by atoms with Crippen LogP contribution in [0.4, 0.5) is 0 Å². The van der Waals surface area contributed by atoms with E-state index in [9.17, 15) is 24.3 Å². The molecule has 0 aromatic heterocycles. The van der Waals surface area contributed by atoms with Crippen molar-refractivity contribution >= 4 is 36.3 Å². The molecule has 0 spiro atoms. The monoisotopic (exact) mass is 392 g/mol. The fourth-order valence-electron chi connectivity index (χ4n) is 1.93. The molecule has 150 valence electrons. The van der Waals surface area contributed by atoms with Crippen molar-refractivity contribution in [2.75, 3.05) is 12.4 Å². The van der Waals surface area contributed by atoms with Gasteiger partial charge in [0.15, 0.2) is 0 Å². The van der Waals surface area contributed by atoms with Crippen LogP contribution in [0.5, 0.6) is 0 Å². The van der Waals surface area contributed by atoms with Gasteiger partial charge in [-0.05, 0) is 19.3 Å². The fraction of sp³-hybridized carbons (Fsp3) is 0.733. The quantitative estimate of drug-likeness (QED) is 0.196. The molecule has 3 amide bonds. The Morgan fingerprint density at radius 1 is 0.923 bits per heavy atom. The minimum Gasteiger partial charge on any atom is -0.480 e. The second-order valence-electron chi connectivity index (χ2n) is 6.31. The van der Waals surface area contributed by atoms with Gasteiger partial charge in [-0.25, -0.2) is 4.79 Å². The number of carbonyl (C=O) groups is 4. The Balaban J connectivity index is 5.12. The van der Waals surface area contributed by atoms with E-state index in [4.69, 9.17) is 10.8 Å². The number of amides is 3. The fourth-order valence-corrected chi connectivity index (χ4v) is 2.18. The van der Waals surface area contributed by atoms with Crippen LogP contribution in [0.25, 0.3) is 0 Å². The highest BCUT2D eigenvalue weighted by Crippen LogP contribution is 2.06. The zero-order chi connectivity index (χ0) is 20.4. The van der Waals surface area contributed by atoms with Gasteiger partial charge in [0.25, 0.3) is 0 Å². The highest BCUT2D eigenvalue weighted by atomic mass is 32.1. The summed E-state index contributed by atoms with van der Waals surface area (Å²) in [5.41, 5.74) is 5.40. The molecule has 11 heteroatoms. The molecule has 26 heavy (non-hydrogen) atoms. The van der Waals surface area contributed by atoms with Crippen molar-refractivity contribution < 1.29 is 29.4 Å². The number of carbonyl (C=O) groups excluding carboxylic acids is 3. The first-order valence-electron chi connectivity index (χ1n) is 8.14. The number of nitrogens with one attached hydrogen (secondary N) is 3. The Kier molecular flexibility index (Phi) is 10.9. The number of rotatable bonds is 11. The van der Waals surface area contributed by atoms with Gasteiger partial charge in [-0.15, -0.1) is 0 Å². The van der Waals surface area contributed by atoms with E-state index >= 15 is 0 Å². The summed E-state index contributed by atoms with van der Waals surface area (Å²) in [6.07, 6.45) is 0.232. The molecular weight excluding hydrogens is 364 g/mol. The largest absolute Gasteiger partial charge is 0.480 e. The van der Waals surface area contributed by atoms with Gasteiger partial charge in [-0.3, -0.25) is 14.4 Å². The third-order valence-corrected chi connectivity index (χ3v) is 3.73. The standard InChI is InChI=1S/C15H28N4O6S/c1-7(2)4-9(13(22)19-11(6-26)15(24)25)17-14(23)10(5-20)18-12(21)8(3)16/h7-11,20,26H,4-6,16H2,1-3H3,(H,17,23)(H,18,21)(H,19,22)(H,24,25). The normalized spacial score (nSPS) is 15.5. The summed E-state index contributed by atoms with van der Waals surface area (Å²) in [4.78, 5) is 47.2. The van der Waals surface area contributed by atoms with Crippen LogP contribution in [0.15, 0.2) is 0 Å². The van der Waals surface area contributed by atoms with Crippen molar-refractivity contribution in [2.45, 2.75) is 51.4 Å². The Morgan fingerprint density at radius 3 is 1.77 bits per heavy atom. The van der Waals surface area contributed by atoms with E-state index in [1.165, 1.54) is 6.92 Å². The average molecular weight is 392 g/mol. The van der Waals surface area contributed by atoms with Gasteiger partial charge in [0.2, 0.25) is 17.7 Å². The molecule has 0 heterocycles. The Bertz CT molecular complexity index is 514. The zero-order valence-corrected chi connectivity index (χ0v) is 16.0. The summed E-state index contributed by atoms with van der Waals surface area (Å²) in [5.74, 6) is -3.46. The van der Waals surface area contributed by atoms with Crippen LogP contribution in [-0.2, 0) is 19.2 Å². The third kappa shape index (κ3) is 8.50. The van der Waals surface area contributed by atoms with Gasteiger partial charge in [0.1, 0.15) is 18.1 Å². The van der Waals surface area contributed by atoms with Crippen molar-refractivity contribution in [1.29, 1.82) is 0 Å². The summed E-state index contributed by atoms with van der Waals surface area (Å²) in [7, 11) is 0. The van der Waals surface area contributed by atoms with Crippen LogP contribution in [0, 0.1) is 5.92 Å². The predicted molar refractivity (Wildman–Crippen MR) is 97.5 cm³/mol. The van der Waals surface area contributed by atoms with Crippen LogP contribution in [0.1, 0.15) is 27.2 Å². The van der Waals surface area contributed by atoms with Gasteiger partial charge in [0, 0.05) is 5.75 Å². The number of aliphatic hydroxyl groups excluding tert-OH is 1. The highest BCUT2D eigenvalue weighted by molar-refractivity contribution is 7.80. The van der Waals surface area contributed by atoms with Gasteiger partial charge >= 0.3 is 5.97 Å². The SMILES string of the molecule is CC(C)CC(NC(=O)C(CO)NC(=O)C(C)N)C(=O)NC(CS)C(=O)O. The lowest BCUT2D eigenvalue weighted by Crippen LogP contribution is -2.58. The van der Waals surface area contributed by atoms with Crippen molar-refractivity contribution in [3.05, 3.63) is 0 Å². The van der Waals surface area contributed by atoms with Gasteiger partial charge in [-0.2, -0.15) is 12.6 Å². The summed E-state index contributed by atoms with van der Waals surface area (Å²) >= 11 is 3.87. The number of aliphatic hydroxyl groups is 1. The molecule has 0 aliphatic heterocycles. The van der Waals surface area contributed by atoms with Crippen molar-refractivity contribution in [3.8, 4) is 0 Å². The minimum atomic E-state index is -1.28. The zero-order valence-electron chi connectivity index (χ0n) is 15.1. The molecule has 0 aromatic carbocycles. The smallest absolute Gasteiger partial charge is 0.327 e. The molecular formula is C15H28N4O6S. The second kappa shape index (κ2) is 11.7. The summed E-state index contributed by atoms with van der Waals surface area (Å²) in [5, 5.41) is 25.3. The highest BCUT2D eigenvalue weighted by Gasteiger charge is 2.29. The average Bonchev–Trinajstić information content (AvgIpc) is 2.55. The lowest BCUT2D eigenvalue weighted by atomic mass is 10.0. The van der Waals surface area contributed by atoms with E-state index in [1.807, 2.05) is 13.8 Å². The molecule has 4 unspecified atom stereocenters. The number of hydrogen-bond acceptors (Lipinski definition) is 7. The molecule has 0 radical (unpaired) electrons. The van der Waals surface area contributed by atoms with E-state index in [2.05, 4.69) is 28.6 Å². The molecule has 0 aliphatic carbocycles. The van der Waals surface area contributed by atoms with Crippen LogP contribution in [0.3, 0.4) is 0 Å². The molecule has 0 saturated carbocycles. The third-order valence-electron chi connectivity index (χ3n) is 3.37. The number of thiol groups is 1. The Labute approximate surface area is 157 Å². The van der Waals surface area contributed by atoms with E-state index in [0.717, 1.165) is 0 Å². The van der Waals surface area contributed by atoms with Crippen molar-refractivity contribution in [2.24, 2.45) is 11.7 Å². The first-order valence-corrected chi connectivity index (χ1v) is 8.77. The second-order valence-corrected chi connectivity index (χ2v) is 6.67. The van der Waals surface area contributed by atoms with Gasteiger partial charge < -0.3 is 31.9 Å². The van der Waals surface area contributed by atoms with Gasteiger partial charge in [-0.1, -0.05) is 13.8 Å². The molecule has 10 nitrogen and oxygen atoms in total. The summed E-state index contributed by atoms with van der Waals surface area (Å²) in [6.45, 7) is 4.37. The van der Waals surface area contributed by atoms with Crippen molar-refractivity contribution in [1.82, 2.24) is 16.0 Å². The lowest BCUT2D eigenvalue weighted by Gasteiger charge is -2.24. The molecule has 0 aromatic rings. The van der Waals surface area contributed by atoms with Crippen LogP contribution in [0.2, 0.25) is 0 Å². The number of aliphatic carboxylic acids is 1. The van der Waals surface area contributed by atoms with E-state index in [-0.39, 0.29) is 18.1 Å². The number of nitrogens with two attached hydrogens (primary N) is 1. The molecule has 0 rings (SSSR count). The van der Waals surface area contributed by atoms with Crippen LogP contribution < -0.4 is 21.7 Å². The van der Waals surface area contributed by atoms with Crippen LogP contribution >= 0.6 is 12.6 Å². The maximum Gasteiger partial charge on any atom is 0.327 e. The molecule has 7 N–H and O–H groups in total.